The highest BCUT2D eigenvalue weighted by Gasteiger charge is 2.22. The topological polar surface area (TPSA) is 75.5 Å². The van der Waals surface area contributed by atoms with Crippen LogP contribution >= 0.6 is 0 Å². The third kappa shape index (κ3) is 3.77. The maximum Gasteiger partial charge on any atom is 0.354 e. The van der Waals surface area contributed by atoms with Gasteiger partial charge in [-0.3, -0.25) is 0 Å². The van der Waals surface area contributed by atoms with Crippen molar-refractivity contribution in [2.45, 2.75) is 25.9 Å². The van der Waals surface area contributed by atoms with E-state index in [2.05, 4.69) is 14.9 Å². The largest absolute Gasteiger partial charge is 0.477 e. The van der Waals surface area contributed by atoms with E-state index in [0.717, 1.165) is 31.5 Å². The van der Waals surface area contributed by atoms with E-state index in [4.69, 9.17) is 9.84 Å². The van der Waals surface area contributed by atoms with E-state index < -0.39 is 5.97 Å². The normalized spacial score (nSPS) is 15.4. The standard InChI is InChI=1S/C17H19N3O3/c1-12-5-8-18-16(11-12)23-13-6-9-20(10-7-13)15-4-2-3-14(19-15)17(21)22/h2-5,8,11,13H,6-7,9-10H2,1H3,(H,21,22). The SMILES string of the molecule is Cc1ccnc(OC2CCN(c3cccc(C(=O)O)n3)CC2)c1. The molecule has 2 aromatic heterocycles. The molecule has 0 radical (unpaired) electrons. The molecule has 1 fully saturated rings. The van der Waals surface area contributed by atoms with E-state index in [1.165, 1.54) is 6.07 Å². The molecule has 1 saturated heterocycles. The number of hydrogen-bond acceptors (Lipinski definition) is 5. The number of piperidine rings is 1. The molecule has 0 saturated carbocycles. The van der Waals surface area contributed by atoms with Gasteiger partial charge in [0, 0.05) is 38.2 Å². The average molecular weight is 313 g/mol. The predicted molar refractivity (Wildman–Crippen MR) is 86.0 cm³/mol. The molecule has 6 nitrogen and oxygen atoms in total. The zero-order valence-corrected chi connectivity index (χ0v) is 13.0. The van der Waals surface area contributed by atoms with Crippen LogP contribution in [-0.2, 0) is 0 Å². The van der Waals surface area contributed by atoms with Gasteiger partial charge in [-0.15, -0.1) is 0 Å². The molecule has 0 unspecified atom stereocenters. The molecule has 120 valence electrons. The lowest BCUT2D eigenvalue weighted by molar-refractivity contribution is 0.0690. The second-order valence-corrected chi connectivity index (χ2v) is 5.66. The second kappa shape index (κ2) is 6.64. The van der Waals surface area contributed by atoms with E-state index in [0.29, 0.717) is 11.7 Å². The first-order valence-electron chi connectivity index (χ1n) is 7.66. The van der Waals surface area contributed by atoms with E-state index in [9.17, 15) is 4.79 Å². The van der Waals surface area contributed by atoms with Crippen LogP contribution in [0.5, 0.6) is 5.88 Å². The van der Waals surface area contributed by atoms with Crippen LogP contribution in [0, 0.1) is 6.92 Å². The molecule has 0 amide bonds. The number of carboxylic acids is 1. The predicted octanol–water partition coefficient (Wildman–Crippen LogP) is 2.53. The summed E-state index contributed by atoms with van der Waals surface area (Å²) in [5, 5.41) is 9.03. The van der Waals surface area contributed by atoms with E-state index in [1.807, 2.05) is 25.1 Å². The fourth-order valence-corrected chi connectivity index (χ4v) is 2.66. The number of aryl methyl sites for hydroxylation is 1. The number of nitrogens with zero attached hydrogens (tertiary/aromatic N) is 3. The van der Waals surface area contributed by atoms with Gasteiger partial charge in [-0.2, -0.15) is 0 Å². The van der Waals surface area contributed by atoms with E-state index in [1.54, 1.807) is 12.3 Å². The number of aromatic nitrogens is 2. The number of carbonyl (C=O) groups is 1. The van der Waals surface area contributed by atoms with Crippen LogP contribution in [0.2, 0.25) is 0 Å². The van der Waals surface area contributed by atoms with Gasteiger partial charge in [-0.25, -0.2) is 14.8 Å². The van der Waals surface area contributed by atoms with Crippen LogP contribution in [-0.4, -0.2) is 40.2 Å². The van der Waals surface area contributed by atoms with Gasteiger partial charge in [0.2, 0.25) is 5.88 Å². The lowest BCUT2D eigenvalue weighted by Crippen LogP contribution is -2.39. The number of aromatic carboxylic acids is 1. The first-order chi connectivity index (χ1) is 11.1. The molecule has 2 aromatic rings. The smallest absolute Gasteiger partial charge is 0.354 e. The summed E-state index contributed by atoms with van der Waals surface area (Å²) < 4.78 is 5.93. The van der Waals surface area contributed by atoms with Crippen LogP contribution in [0.4, 0.5) is 5.82 Å². The molecule has 0 atom stereocenters. The number of rotatable bonds is 4. The molecule has 0 bridgehead atoms. The third-order valence-electron chi connectivity index (χ3n) is 3.90. The number of ether oxygens (including phenoxy) is 1. The minimum atomic E-state index is -1.00. The Morgan fingerprint density at radius 1 is 1.30 bits per heavy atom. The van der Waals surface area contributed by atoms with Crippen molar-refractivity contribution in [3.8, 4) is 5.88 Å². The molecule has 3 heterocycles. The fourth-order valence-electron chi connectivity index (χ4n) is 2.66. The number of pyridine rings is 2. The molecule has 1 aliphatic rings. The van der Waals surface area contributed by atoms with Gasteiger partial charge in [0.1, 0.15) is 11.9 Å². The van der Waals surface area contributed by atoms with Crippen LogP contribution < -0.4 is 9.64 Å². The maximum atomic E-state index is 11.0. The van der Waals surface area contributed by atoms with Gasteiger partial charge in [0.25, 0.3) is 0 Å². The van der Waals surface area contributed by atoms with Crippen LogP contribution in [0.1, 0.15) is 28.9 Å². The van der Waals surface area contributed by atoms with Gasteiger partial charge in [-0.05, 0) is 30.7 Å². The monoisotopic (exact) mass is 313 g/mol. The number of carboxylic acid groups (broad SMARTS) is 1. The Kier molecular flexibility index (Phi) is 4.41. The Balaban J connectivity index is 1.60. The first kappa shape index (κ1) is 15.3. The number of anilines is 1. The molecule has 6 heteroatoms. The van der Waals surface area contributed by atoms with Crippen molar-refractivity contribution >= 4 is 11.8 Å². The lowest BCUT2D eigenvalue weighted by atomic mass is 10.1. The van der Waals surface area contributed by atoms with E-state index in [-0.39, 0.29) is 11.8 Å². The van der Waals surface area contributed by atoms with Crippen molar-refractivity contribution < 1.29 is 14.6 Å². The second-order valence-electron chi connectivity index (χ2n) is 5.66. The molecular formula is C17H19N3O3. The van der Waals surface area contributed by atoms with Crippen molar-refractivity contribution in [3.05, 3.63) is 47.8 Å². The quantitative estimate of drug-likeness (QED) is 0.935. The summed E-state index contributed by atoms with van der Waals surface area (Å²) in [7, 11) is 0. The Bertz CT molecular complexity index is 697. The summed E-state index contributed by atoms with van der Waals surface area (Å²) in [6, 6.07) is 8.95. The molecule has 0 spiro atoms. The zero-order chi connectivity index (χ0) is 16.2. The maximum absolute atomic E-state index is 11.0. The molecule has 3 rings (SSSR count). The highest BCUT2D eigenvalue weighted by atomic mass is 16.5. The minimum absolute atomic E-state index is 0.0739. The van der Waals surface area contributed by atoms with Crippen molar-refractivity contribution in [2.75, 3.05) is 18.0 Å². The van der Waals surface area contributed by atoms with Gasteiger partial charge in [0.15, 0.2) is 5.69 Å². The van der Waals surface area contributed by atoms with Crippen LogP contribution in [0.3, 0.4) is 0 Å². The highest BCUT2D eigenvalue weighted by Crippen LogP contribution is 2.21. The Morgan fingerprint density at radius 2 is 2.09 bits per heavy atom. The summed E-state index contributed by atoms with van der Waals surface area (Å²) in [6.45, 7) is 3.58. The third-order valence-corrected chi connectivity index (χ3v) is 3.90. The first-order valence-corrected chi connectivity index (χ1v) is 7.66. The summed E-state index contributed by atoms with van der Waals surface area (Å²) in [5.74, 6) is 0.363. The zero-order valence-electron chi connectivity index (χ0n) is 13.0. The van der Waals surface area contributed by atoms with E-state index >= 15 is 0 Å². The Labute approximate surface area is 134 Å². The van der Waals surface area contributed by atoms with Gasteiger partial charge in [0.05, 0.1) is 0 Å². The average Bonchev–Trinajstić information content (AvgIpc) is 2.56. The summed E-state index contributed by atoms with van der Waals surface area (Å²) in [6.07, 6.45) is 3.59. The minimum Gasteiger partial charge on any atom is -0.477 e. The van der Waals surface area contributed by atoms with Crippen LogP contribution in [0.25, 0.3) is 0 Å². The lowest BCUT2D eigenvalue weighted by Gasteiger charge is -2.32. The summed E-state index contributed by atoms with van der Waals surface area (Å²) in [4.78, 5) is 21.5. The van der Waals surface area contributed by atoms with Crippen molar-refractivity contribution in [1.82, 2.24) is 9.97 Å². The van der Waals surface area contributed by atoms with Gasteiger partial charge < -0.3 is 14.7 Å². The molecule has 1 aliphatic heterocycles. The molecule has 0 aromatic carbocycles. The van der Waals surface area contributed by atoms with Crippen molar-refractivity contribution in [2.24, 2.45) is 0 Å². The highest BCUT2D eigenvalue weighted by molar-refractivity contribution is 5.85. The van der Waals surface area contributed by atoms with Gasteiger partial charge in [-0.1, -0.05) is 6.07 Å². The molecular weight excluding hydrogens is 294 g/mol. The Hall–Kier alpha value is -2.63. The van der Waals surface area contributed by atoms with Crippen molar-refractivity contribution in [3.63, 3.8) is 0 Å². The molecule has 0 aliphatic carbocycles. The summed E-state index contributed by atoms with van der Waals surface area (Å²) >= 11 is 0. The van der Waals surface area contributed by atoms with Gasteiger partial charge >= 0.3 is 5.97 Å². The van der Waals surface area contributed by atoms with Crippen molar-refractivity contribution in [1.29, 1.82) is 0 Å². The Morgan fingerprint density at radius 3 is 2.78 bits per heavy atom. The fraction of sp³-hybridized carbons (Fsp3) is 0.353. The molecule has 1 N–H and O–H groups in total. The summed E-state index contributed by atoms with van der Waals surface area (Å²) in [5.41, 5.74) is 1.20. The molecule has 23 heavy (non-hydrogen) atoms. The number of hydrogen-bond donors (Lipinski definition) is 1. The van der Waals surface area contributed by atoms with Crippen LogP contribution in [0.15, 0.2) is 36.5 Å².